The predicted octanol–water partition coefficient (Wildman–Crippen LogP) is 2.02. The van der Waals surface area contributed by atoms with Crippen molar-refractivity contribution in [1.29, 1.82) is 0 Å². The number of methoxy groups -OCH3 is 3. The minimum Gasteiger partial charge on any atom is -0.493 e. The molecule has 2 aromatic heterocycles. The summed E-state index contributed by atoms with van der Waals surface area (Å²) >= 11 is 1.15. The molecule has 0 aliphatic rings. The lowest BCUT2D eigenvalue weighted by atomic mass is 10.2. The summed E-state index contributed by atoms with van der Waals surface area (Å²) in [5.74, 6) is 0.719. The molecule has 9 nitrogen and oxygen atoms in total. The monoisotopic (exact) mass is 391 g/mol. The zero-order valence-electron chi connectivity index (χ0n) is 15.1. The maximum atomic E-state index is 12.1. The SMILES string of the molecule is CCOC(=O)c1cc(=O)nc2sc(-c3cc(OC)c(OC)c(OC)c3)nn12. The molecule has 0 fully saturated rings. The van der Waals surface area contributed by atoms with Crippen LogP contribution in [-0.2, 0) is 4.74 Å². The van der Waals surface area contributed by atoms with Crippen LogP contribution in [0.4, 0.5) is 0 Å². The van der Waals surface area contributed by atoms with E-state index in [0.717, 1.165) is 17.4 Å². The predicted molar refractivity (Wildman–Crippen MR) is 98.2 cm³/mol. The van der Waals surface area contributed by atoms with Crippen molar-refractivity contribution < 1.29 is 23.7 Å². The molecule has 3 rings (SSSR count). The summed E-state index contributed by atoms with van der Waals surface area (Å²) in [4.78, 5) is 28.2. The van der Waals surface area contributed by atoms with Gasteiger partial charge in [-0.05, 0) is 19.1 Å². The van der Waals surface area contributed by atoms with Crippen LogP contribution in [0.5, 0.6) is 17.2 Å². The number of carbonyl (C=O) groups excluding carboxylic acids is 1. The van der Waals surface area contributed by atoms with Crippen molar-refractivity contribution in [2.45, 2.75) is 6.92 Å². The first kappa shape index (κ1) is 18.6. The Balaban J connectivity index is 2.20. The summed E-state index contributed by atoms with van der Waals surface area (Å²) in [6, 6.07) is 4.55. The summed E-state index contributed by atoms with van der Waals surface area (Å²) in [6.45, 7) is 1.86. The molecule has 27 heavy (non-hydrogen) atoms. The van der Waals surface area contributed by atoms with Crippen LogP contribution in [0.2, 0.25) is 0 Å². The number of nitrogens with zero attached hydrogens (tertiary/aromatic N) is 3. The molecular weight excluding hydrogens is 374 g/mol. The fourth-order valence-electron chi connectivity index (χ4n) is 2.49. The van der Waals surface area contributed by atoms with E-state index < -0.39 is 11.5 Å². The summed E-state index contributed by atoms with van der Waals surface area (Å²) in [7, 11) is 4.54. The van der Waals surface area contributed by atoms with Gasteiger partial charge in [-0.1, -0.05) is 11.3 Å². The first-order chi connectivity index (χ1) is 13.0. The maximum Gasteiger partial charge on any atom is 0.357 e. The van der Waals surface area contributed by atoms with Crippen molar-refractivity contribution in [2.75, 3.05) is 27.9 Å². The van der Waals surface area contributed by atoms with Crippen LogP contribution < -0.4 is 19.8 Å². The number of hydrogen-bond donors (Lipinski definition) is 0. The van der Waals surface area contributed by atoms with E-state index in [1.165, 1.54) is 25.8 Å². The smallest absolute Gasteiger partial charge is 0.357 e. The van der Waals surface area contributed by atoms with Gasteiger partial charge in [0.05, 0.1) is 27.9 Å². The Kier molecular flexibility index (Phi) is 5.26. The molecular formula is C17H17N3O6S. The first-order valence-corrected chi connectivity index (χ1v) is 8.72. The second-order valence-electron chi connectivity index (χ2n) is 5.22. The van der Waals surface area contributed by atoms with E-state index in [4.69, 9.17) is 18.9 Å². The maximum absolute atomic E-state index is 12.1. The highest BCUT2D eigenvalue weighted by atomic mass is 32.1. The number of hydrogen-bond acceptors (Lipinski definition) is 9. The van der Waals surface area contributed by atoms with E-state index in [-0.39, 0.29) is 17.3 Å². The van der Waals surface area contributed by atoms with E-state index in [9.17, 15) is 9.59 Å². The molecule has 2 heterocycles. The first-order valence-electron chi connectivity index (χ1n) is 7.90. The molecule has 0 amide bonds. The fourth-order valence-corrected chi connectivity index (χ4v) is 3.38. The zero-order chi connectivity index (χ0) is 19.6. The third-order valence-corrected chi connectivity index (χ3v) is 4.61. The lowest BCUT2D eigenvalue weighted by Crippen LogP contribution is -2.17. The molecule has 0 unspecified atom stereocenters. The van der Waals surface area contributed by atoms with Gasteiger partial charge in [-0.2, -0.15) is 14.6 Å². The van der Waals surface area contributed by atoms with Gasteiger partial charge >= 0.3 is 5.97 Å². The number of fused-ring (bicyclic) bond motifs is 1. The van der Waals surface area contributed by atoms with Gasteiger partial charge in [0.15, 0.2) is 17.2 Å². The zero-order valence-corrected chi connectivity index (χ0v) is 16.0. The van der Waals surface area contributed by atoms with Crippen molar-refractivity contribution in [3.8, 4) is 27.8 Å². The van der Waals surface area contributed by atoms with E-state index in [1.807, 2.05) is 0 Å². The van der Waals surface area contributed by atoms with Gasteiger partial charge in [0.2, 0.25) is 10.7 Å². The van der Waals surface area contributed by atoms with Crippen molar-refractivity contribution in [3.63, 3.8) is 0 Å². The number of esters is 1. The Morgan fingerprint density at radius 2 is 1.78 bits per heavy atom. The summed E-state index contributed by atoms with van der Waals surface area (Å²) in [5, 5.41) is 4.93. The van der Waals surface area contributed by atoms with E-state index in [0.29, 0.717) is 27.8 Å². The molecule has 10 heteroatoms. The molecule has 0 saturated carbocycles. The summed E-state index contributed by atoms with van der Waals surface area (Å²) < 4.78 is 22.3. The minimum absolute atomic E-state index is 0.0155. The van der Waals surface area contributed by atoms with Crippen LogP contribution >= 0.6 is 11.3 Å². The van der Waals surface area contributed by atoms with E-state index in [1.54, 1.807) is 19.1 Å². The second kappa shape index (κ2) is 7.62. The van der Waals surface area contributed by atoms with Crippen LogP contribution in [-0.4, -0.2) is 48.5 Å². The average molecular weight is 391 g/mol. The van der Waals surface area contributed by atoms with Crippen LogP contribution in [0.25, 0.3) is 15.5 Å². The Hall–Kier alpha value is -3.14. The Morgan fingerprint density at radius 3 is 2.33 bits per heavy atom. The van der Waals surface area contributed by atoms with Gasteiger partial charge in [-0.25, -0.2) is 4.79 Å². The summed E-state index contributed by atoms with van der Waals surface area (Å²) in [5.41, 5.74) is 0.127. The topological polar surface area (TPSA) is 101 Å². The number of aromatic nitrogens is 3. The van der Waals surface area contributed by atoms with E-state index in [2.05, 4.69) is 10.1 Å². The quantitative estimate of drug-likeness (QED) is 0.588. The molecule has 142 valence electrons. The minimum atomic E-state index is -0.645. The highest BCUT2D eigenvalue weighted by molar-refractivity contribution is 7.19. The average Bonchev–Trinajstić information content (AvgIpc) is 3.09. The number of carbonyl (C=O) groups is 1. The van der Waals surface area contributed by atoms with Crippen LogP contribution in [0, 0.1) is 0 Å². The highest BCUT2D eigenvalue weighted by Gasteiger charge is 2.20. The highest BCUT2D eigenvalue weighted by Crippen LogP contribution is 2.41. The molecule has 0 atom stereocenters. The van der Waals surface area contributed by atoms with Gasteiger partial charge in [0, 0.05) is 11.6 Å². The van der Waals surface area contributed by atoms with Gasteiger partial charge in [-0.15, -0.1) is 0 Å². The molecule has 0 aliphatic carbocycles. The van der Waals surface area contributed by atoms with Crippen molar-refractivity contribution >= 4 is 22.3 Å². The third-order valence-electron chi connectivity index (χ3n) is 3.65. The molecule has 0 aliphatic heterocycles. The Bertz CT molecular complexity index is 1030. The van der Waals surface area contributed by atoms with Gasteiger partial charge in [0.25, 0.3) is 5.56 Å². The van der Waals surface area contributed by atoms with Crippen molar-refractivity contribution in [1.82, 2.24) is 14.6 Å². The normalized spacial score (nSPS) is 10.7. The van der Waals surface area contributed by atoms with Crippen LogP contribution in [0.15, 0.2) is 23.0 Å². The lowest BCUT2D eigenvalue weighted by Gasteiger charge is -2.13. The van der Waals surface area contributed by atoms with Gasteiger partial charge in [-0.3, -0.25) is 4.79 Å². The van der Waals surface area contributed by atoms with Crippen LogP contribution in [0.1, 0.15) is 17.4 Å². The number of rotatable bonds is 6. The Morgan fingerprint density at radius 1 is 1.11 bits per heavy atom. The molecule has 0 radical (unpaired) electrons. The third kappa shape index (κ3) is 3.43. The van der Waals surface area contributed by atoms with Crippen molar-refractivity contribution in [3.05, 3.63) is 34.2 Å². The lowest BCUT2D eigenvalue weighted by molar-refractivity contribution is 0.0516. The van der Waals surface area contributed by atoms with Gasteiger partial charge in [0.1, 0.15) is 5.01 Å². The van der Waals surface area contributed by atoms with Crippen molar-refractivity contribution in [2.24, 2.45) is 0 Å². The van der Waals surface area contributed by atoms with Crippen LogP contribution in [0.3, 0.4) is 0 Å². The molecule has 0 spiro atoms. The molecule has 0 N–H and O–H groups in total. The molecule has 0 saturated heterocycles. The second-order valence-corrected chi connectivity index (χ2v) is 6.17. The standard InChI is InChI=1S/C17H17N3O6S/c1-5-26-16(22)10-8-13(21)18-17-20(10)19-15(27-17)9-6-11(23-2)14(25-4)12(7-9)24-3/h6-8H,5H2,1-4H3. The molecule has 0 bridgehead atoms. The largest absolute Gasteiger partial charge is 0.493 e. The number of ether oxygens (including phenoxy) is 4. The summed E-state index contributed by atoms with van der Waals surface area (Å²) in [6.07, 6.45) is 0. The molecule has 3 aromatic rings. The van der Waals surface area contributed by atoms with E-state index >= 15 is 0 Å². The Labute approximate surface area is 158 Å². The number of benzene rings is 1. The fraction of sp³-hybridized carbons (Fsp3) is 0.294. The van der Waals surface area contributed by atoms with Gasteiger partial charge < -0.3 is 18.9 Å². The molecule has 1 aromatic carbocycles.